The normalized spacial score (nSPS) is 15.9. The van der Waals surface area contributed by atoms with Crippen molar-refractivity contribution in [2.75, 3.05) is 13.6 Å². The third-order valence-electron chi connectivity index (χ3n) is 3.47. The maximum Gasteiger partial charge on any atom is 0.338 e. The van der Waals surface area contributed by atoms with Crippen LogP contribution in [0.5, 0.6) is 0 Å². The van der Waals surface area contributed by atoms with E-state index in [4.69, 9.17) is 11.6 Å². The number of hydrogen-bond donors (Lipinski definition) is 1. The highest BCUT2D eigenvalue weighted by Gasteiger charge is 2.25. The molecule has 0 amide bonds. The molecular formula is C13H13ClN2O2. The van der Waals surface area contributed by atoms with E-state index < -0.39 is 5.97 Å². The first-order valence-electron chi connectivity index (χ1n) is 5.80. The number of aromatic carboxylic acids is 1. The Morgan fingerprint density at radius 3 is 2.89 bits per heavy atom. The molecule has 18 heavy (non-hydrogen) atoms. The summed E-state index contributed by atoms with van der Waals surface area (Å²) in [4.78, 5) is 13.6. The molecule has 2 heterocycles. The van der Waals surface area contributed by atoms with Crippen LogP contribution in [0.2, 0.25) is 5.02 Å². The average molecular weight is 265 g/mol. The molecule has 0 fully saturated rings. The maximum absolute atomic E-state index is 11.5. The standard InChI is InChI=1S/C13H13ClN2O2/c1-15-4-5-16-10-6-8(14)2-3-9(10)12(13(17)18)11(16)7-15/h2-3,6H,4-5,7H2,1H3,(H,17,18). The summed E-state index contributed by atoms with van der Waals surface area (Å²) < 4.78 is 2.07. The highest BCUT2D eigenvalue weighted by Crippen LogP contribution is 2.31. The minimum atomic E-state index is -0.869. The highest BCUT2D eigenvalue weighted by molar-refractivity contribution is 6.31. The summed E-state index contributed by atoms with van der Waals surface area (Å²) >= 11 is 6.01. The maximum atomic E-state index is 11.5. The number of nitrogens with zero attached hydrogens (tertiary/aromatic N) is 2. The second-order valence-corrected chi connectivity index (χ2v) is 5.11. The van der Waals surface area contributed by atoms with Crippen molar-refractivity contribution in [3.05, 3.63) is 34.5 Å². The number of fused-ring (bicyclic) bond motifs is 3. The summed E-state index contributed by atoms with van der Waals surface area (Å²) in [6.45, 7) is 2.38. The average Bonchev–Trinajstić information content (AvgIpc) is 2.61. The molecule has 2 aromatic rings. The summed E-state index contributed by atoms with van der Waals surface area (Å²) in [6.07, 6.45) is 0. The molecule has 5 heteroatoms. The van der Waals surface area contributed by atoms with Gasteiger partial charge in [-0.05, 0) is 19.2 Å². The second-order valence-electron chi connectivity index (χ2n) is 4.68. The van der Waals surface area contributed by atoms with Crippen LogP contribution in [0.1, 0.15) is 16.1 Å². The lowest BCUT2D eigenvalue weighted by Gasteiger charge is -2.25. The Kier molecular flexibility index (Phi) is 2.57. The number of rotatable bonds is 1. The van der Waals surface area contributed by atoms with Crippen LogP contribution in [0, 0.1) is 0 Å². The molecular weight excluding hydrogens is 252 g/mol. The molecule has 1 aliphatic rings. The first kappa shape index (κ1) is 11.6. The molecule has 0 unspecified atom stereocenters. The van der Waals surface area contributed by atoms with Crippen molar-refractivity contribution in [2.45, 2.75) is 13.1 Å². The lowest BCUT2D eigenvalue weighted by molar-refractivity contribution is 0.0695. The van der Waals surface area contributed by atoms with Gasteiger partial charge in [0.2, 0.25) is 0 Å². The van der Waals surface area contributed by atoms with Gasteiger partial charge in [-0.3, -0.25) is 4.90 Å². The third kappa shape index (κ3) is 1.61. The number of carbonyl (C=O) groups is 1. The second kappa shape index (κ2) is 4.00. The Morgan fingerprint density at radius 2 is 2.17 bits per heavy atom. The highest BCUT2D eigenvalue weighted by atomic mass is 35.5. The quantitative estimate of drug-likeness (QED) is 0.861. The minimum absolute atomic E-state index is 0.410. The predicted molar refractivity (Wildman–Crippen MR) is 70.2 cm³/mol. The van der Waals surface area contributed by atoms with Crippen LogP contribution in [-0.4, -0.2) is 34.1 Å². The first-order valence-corrected chi connectivity index (χ1v) is 6.18. The summed E-state index contributed by atoms with van der Waals surface area (Å²) in [6, 6.07) is 5.39. The van der Waals surface area contributed by atoms with E-state index in [0.29, 0.717) is 17.1 Å². The molecule has 0 bridgehead atoms. The number of carboxylic acid groups (broad SMARTS) is 1. The minimum Gasteiger partial charge on any atom is -0.478 e. The van der Waals surface area contributed by atoms with Gasteiger partial charge in [-0.1, -0.05) is 17.7 Å². The fourth-order valence-electron chi connectivity index (χ4n) is 2.64. The van der Waals surface area contributed by atoms with Gasteiger partial charge in [-0.15, -0.1) is 0 Å². The van der Waals surface area contributed by atoms with Crippen molar-refractivity contribution in [2.24, 2.45) is 0 Å². The molecule has 1 aromatic heterocycles. The Hall–Kier alpha value is -1.52. The lowest BCUT2D eigenvalue weighted by Crippen LogP contribution is -2.30. The number of carboxylic acids is 1. The zero-order valence-electron chi connectivity index (χ0n) is 9.98. The van der Waals surface area contributed by atoms with Gasteiger partial charge in [0.05, 0.1) is 11.1 Å². The summed E-state index contributed by atoms with van der Waals surface area (Å²) in [5.41, 5.74) is 2.20. The van der Waals surface area contributed by atoms with Gasteiger partial charge >= 0.3 is 5.97 Å². The molecule has 4 nitrogen and oxygen atoms in total. The van der Waals surface area contributed by atoms with Crippen LogP contribution in [0.25, 0.3) is 10.9 Å². The topological polar surface area (TPSA) is 45.5 Å². The zero-order valence-corrected chi connectivity index (χ0v) is 10.7. The Labute approximate surface area is 109 Å². The molecule has 0 atom stereocenters. The van der Waals surface area contributed by atoms with E-state index in [1.165, 1.54) is 0 Å². The van der Waals surface area contributed by atoms with Crippen LogP contribution in [0.3, 0.4) is 0 Å². The molecule has 1 aromatic carbocycles. The number of benzene rings is 1. The van der Waals surface area contributed by atoms with E-state index >= 15 is 0 Å². The fourth-order valence-corrected chi connectivity index (χ4v) is 2.81. The molecule has 1 N–H and O–H groups in total. The van der Waals surface area contributed by atoms with Gasteiger partial charge in [0.1, 0.15) is 0 Å². The molecule has 0 spiro atoms. The summed E-state index contributed by atoms with van der Waals surface area (Å²) in [5, 5.41) is 10.8. The fraction of sp³-hybridized carbons (Fsp3) is 0.308. The Morgan fingerprint density at radius 1 is 1.39 bits per heavy atom. The van der Waals surface area contributed by atoms with E-state index in [1.54, 1.807) is 12.1 Å². The van der Waals surface area contributed by atoms with Gasteiger partial charge in [-0.25, -0.2) is 4.79 Å². The predicted octanol–water partition coefficient (Wildman–Crippen LogP) is 2.44. The van der Waals surface area contributed by atoms with E-state index in [1.807, 2.05) is 13.1 Å². The number of aromatic nitrogens is 1. The molecule has 0 aliphatic carbocycles. The third-order valence-corrected chi connectivity index (χ3v) is 3.71. The molecule has 0 saturated carbocycles. The van der Waals surface area contributed by atoms with E-state index in [-0.39, 0.29) is 0 Å². The van der Waals surface area contributed by atoms with E-state index in [9.17, 15) is 9.90 Å². The SMILES string of the molecule is CN1CCn2c(c(C(=O)O)c3ccc(Cl)cc32)C1. The molecule has 1 aliphatic heterocycles. The van der Waals surface area contributed by atoms with Gasteiger partial charge in [0.25, 0.3) is 0 Å². The van der Waals surface area contributed by atoms with Crippen LogP contribution in [0.4, 0.5) is 0 Å². The summed E-state index contributed by atoms with van der Waals surface area (Å²) in [5.74, 6) is -0.869. The zero-order chi connectivity index (χ0) is 12.9. The smallest absolute Gasteiger partial charge is 0.338 e. The number of likely N-dealkylation sites (N-methyl/N-ethyl adjacent to an activating group) is 1. The molecule has 94 valence electrons. The van der Waals surface area contributed by atoms with Crippen LogP contribution < -0.4 is 0 Å². The van der Waals surface area contributed by atoms with Gasteiger partial charge in [0, 0.05) is 35.7 Å². The Balaban J connectivity index is 2.37. The lowest BCUT2D eigenvalue weighted by atomic mass is 10.1. The van der Waals surface area contributed by atoms with Gasteiger partial charge in [-0.2, -0.15) is 0 Å². The molecule has 0 saturated heterocycles. The molecule has 0 radical (unpaired) electrons. The monoisotopic (exact) mass is 264 g/mol. The van der Waals surface area contributed by atoms with Gasteiger partial charge < -0.3 is 9.67 Å². The van der Waals surface area contributed by atoms with Crippen molar-refractivity contribution in [3.8, 4) is 0 Å². The first-order chi connectivity index (χ1) is 8.58. The Bertz CT molecular complexity index is 648. The van der Waals surface area contributed by atoms with Crippen LogP contribution >= 0.6 is 11.6 Å². The molecule has 3 rings (SSSR count). The van der Waals surface area contributed by atoms with E-state index in [2.05, 4.69) is 9.47 Å². The van der Waals surface area contributed by atoms with Crippen molar-refractivity contribution in [1.29, 1.82) is 0 Å². The number of halogens is 1. The van der Waals surface area contributed by atoms with Crippen LogP contribution in [-0.2, 0) is 13.1 Å². The van der Waals surface area contributed by atoms with Crippen molar-refractivity contribution < 1.29 is 9.90 Å². The van der Waals surface area contributed by atoms with Crippen molar-refractivity contribution in [1.82, 2.24) is 9.47 Å². The van der Waals surface area contributed by atoms with Crippen LogP contribution in [0.15, 0.2) is 18.2 Å². The van der Waals surface area contributed by atoms with Gasteiger partial charge in [0.15, 0.2) is 0 Å². The van der Waals surface area contributed by atoms with Crippen molar-refractivity contribution in [3.63, 3.8) is 0 Å². The van der Waals surface area contributed by atoms with Crippen molar-refractivity contribution >= 4 is 28.5 Å². The largest absolute Gasteiger partial charge is 0.478 e. The summed E-state index contributed by atoms with van der Waals surface area (Å²) in [7, 11) is 2.00. The van der Waals surface area contributed by atoms with E-state index in [0.717, 1.165) is 29.7 Å². The number of hydrogen-bond acceptors (Lipinski definition) is 2.